The van der Waals surface area contributed by atoms with E-state index < -0.39 is 0 Å². The van der Waals surface area contributed by atoms with Crippen LogP contribution in [-0.4, -0.2) is 30.2 Å². The number of nitrogens with one attached hydrogen (secondary N) is 2. The van der Waals surface area contributed by atoms with Gasteiger partial charge in [-0.2, -0.15) is 0 Å². The van der Waals surface area contributed by atoms with Crippen LogP contribution in [0.15, 0.2) is 48.5 Å². The quantitative estimate of drug-likeness (QED) is 0.247. The summed E-state index contributed by atoms with van der Waals surface area (Å²) in [5.41, 5.74) is 16.2. The highest BCUT2D eigenvalue weighted by Crippen LogP contribution is 2.06. The maximum atomic E-state index is 11.8. The van der Waals surface area contributed by atoms with Crippen LogP contribution in [0.2, 0.25) is 0 Å². The minimum atomic E-state index is -0.0689. The van der Waals surface area contributed by atoms with E-state index >= 15 is 0 Å². The van der Waals surface area contributed by atoms with E-state index in [0.717, 1.165) is 32.1 Å². The van der Waals surface area contributed by atoms with E-state index in [9.17, 15) is 4.79 Å². The molecular formula is C32H59ClN4O. The van der Waals surface area contributed by atoms with Gasteiger partial charge in [-0.05, 0) is 78.4 Å². The van der Waals surface area contributed by atoms with Crippen molar-refractivity contribution in [2.24, 2.45) is 11.5 Å². The Morgan fingerprint density at radius 3 is 1.42 bits per heavy atom. The number of aryl methyl sites for hydroxylation is 2. The van der Waals surface area contributed by atoms with Gasteiger partial charge in [0.05, 0.1) is 0 Å². The predicted octanol–water partition coefficient (Wildman–Crippen LogP) is 7.49. The molecule has 2 rings (SSSR count). The van der Waals surface area contributed by atoms with Crippen LogP contribution in [0.5, 0.6) is 0 Å². The Bertz CT molecular complexity index is 807. The molecule has 2 aromatic carbocycles. The fraction of sp³-hybridized carbons (Fsp3) is 0.594. The van der Waals surface area contributed by atoms with E-state index in [1.165, 1.54) is 28.7 Å². The predicted molar refractivity (Wildman–Crippen MR) is 171 cm³/mol. The lowest BCUT2D eigenvalue weighted by Gasteiger charge is -2.18. The molecule has 0 unspecified atom stereocenters. The molecule has 4 atom stereocenters. The Kier molecular flexibility index (Phi) is 25.5. The lowest BCUT2D eigenvalue weighted by Crippen LogP contribution is -2.45. The average Bonchev–Trinajstić information content (AvgIpc) is 2.77. The lowest BCUT2D eigenvalue weighted by atomic mass is 10.1. The number of urea groups is 1. The van der Waals surface area contributed by atoms with Crippen molar-refractivity contribution in [3.63, 3.8) is 0 Å². The zero-order valence-corrected chi connectivity index (χ0v) is 25.5. The third-order valence-electron chi connectivity index (χ3n) is 5.56. The molecule has 0 aliphatic carbocycles. The van der Waals surface area contributed by atoms with Crippen LogP contribution >= 0.6 is 12.4 Å². The second-order valence-electron chi connectivity index (χ2n) is 10.3. The zero-order valence-electron chi connectivity index (χ0n) is 24.6. The van der Waals surface area contributed by atoms with Crippen LogP contribution in [0.25, 0.3) is 0 Å². The standard InChI is InChI=1S/C16H26N2O.C10H15N.C5H13N.CH4.ClH/c1-5-6-13(3)17-16(19)18-14(4)11-15-9-7-12(2)8-10-15;1-8-3-5-10(6-4-8)7-9(2)11;1-3-4-5(2)6;;/h7-10,13-14H,5-6,11H2,1-4H3,(H2,17,18,19);3-6,9H,7,11H2,1-2H3;5H,3-4,6H2,1-2H3;1H4;1H/t13-,14-;9-;5-;;/m111../s1. The molecule has 0 aliphatic rings. The molecule has 0 saturated heterocycles. The van der Waals surface area contributed by atoms with E-state index in [1.807, 2.05) is 27.7 Å². The maximum absolute atomic E-state index is 11.8. The third kappa shape index (κ3) is 23.1. The molecule has 0 spiro atoms. The largest absolute Gasteiger partial charge is 0.336 e. The van der Waals surface area contributed by atoms with Crippen LogP contribution < -0.4 is 22.1 Å². The first-order valence-electron chi connectivity index (χ1n) is 13.7. The normalized spacial score (nSPS) is 12.9. The Labute approximate surface area is 241 Å². The average molecular weight is 551 g/mol. The van der Waals surface area contributed by atoms with E-state index in [2.05, 4.69) is 86.9 Å². The van der Waals surface area contributed by atoms with E-state index in [1.54, 1.807) is 0 Å². The monoisotopic (exact) mass is 550 g/mol. The second kappa shape index (κ2) is 24.0. The van der Waals surface area contributed by atoms with Gasteiger partial charge >= 0.3 is 6.03 Å². The van der Waals surface area contributed by atoms with Crippen molar-refractivity contribution in [2.45, 2.75) is 126 Å². The van der Waals surface area contributed by atoms with E-state index in [4.69, 9.17) is 11.5 Å². The molecule has 0 radical (unpaired) electrons. The summed E-state index contributed by atoms with van der Waals surface area (Å²) in [5, 5.41) is 5.94. The highest BCUT2D eigenvalue weighted by atomic mass is 35.5. The summed E-state index contributed by atoms with van der Waals surface area (Å²) in [4.78, 5) is 11.8. The molecule has 6 heteroatoms. The van der Waals surface area contributed by atoms with Crippen LogP contribution in [0.1, 0.15) is 96.9 Å². The maximum Gasteiger partial charge on any atom is 0.315 e. The number of hydrogen-bond acceptors (Lipinski definition) is 3. The van der Waals surface area contributed by atoms with Crippen molar-refractivity contribution in [1.82, 2.24) is 10.6 Å². The molecule has 6 N–H and O–H groups in total. The highest BCUT2D eigenvalue weighted by Gasteiger charge is 2.10. The van der Waals surface area contributed by atoms with Gasteiger partial charge in [0.2, 0.25) is 0 Å². The van der Waals surface area contributed by atoms with E-state index in [0.29, 0.717) is 6.04 Å². The number of amides is 2. The molecule has 0 aliphatic heterocycles. The first kappa shape index (κ1) is 40.4. The van der Waals surface area contributed by atoms with Crippen molar-refractivity contribution in [3.8, 4) is 0 Å². The van der Waals surface area contributed by atoms with Crippen LogP contribution in [0, 0.1) is 13.8 Å². The second-order valence-corrected chi connectivity index (χ2v) is 10.3. The molecular weight excluding hydrogens is 492 g/mol. The number of benzene rings is 2. The number of halogens is 1. The molecule has 2 amide bonds. The Morgan fingerprint density at radius 1 is 0.684 bits per heavy atom. The van der Waals surface area contributed by atoms with Gasteiger partial charge in [-0.25, -0.2) is 4.79 Å². The van der Waals surface area contributed by atoms with Crippen LogP contribution in [0.4, 0.5) is 4.79 Å². The molecule has 0 saturated carbocycles. The summed E-state index contributed by atoms with van der Waals surface area (Å²) < 4.78 is 0. The molecule has 5 nitrogen and oxygen atoms in total. The van der Waals surface area contributed by atoms with Crippen molar-refractivity contribution in [2.75, 3.05) is 0 Å². The SMILES string of the molecule is C.CCC[C@@H](C)N.CCC[C@@H](C)NC(=O)N[C@H](C)Cc1ccc(C)cc1.Cc1ccc(C[C@@H](C)N)cc1.Cl. The Hall–Kier alpha value is -2.08. The number of nitrogens with two attached hydrogens (primary N) is 2. The van der Waals surface area contributed by atoms with Gasteiger partial charge in [-0.15, -0.1) is 12.4 Å². The highest BCUT2D eigenvalue weighted by molar-refractivity contribution is 5.85. The number of carbonyl (C=O) groups is 1. The Morgan fingerprint density at radius 2 is 1.08 bits per heavy atom. The van der Waals surface area contributed by atoms with Gasteiger partial charge in [0, 0.05) is 24.2 Å². The molecule has 38 heavy (non-hydrogen) atoms. The minimum Gasteiger partial charge on any atom is -0.336 e. The molecule has 0 fully saturated rings. The fourth-order valence-corrected chi connectivity index (χ4v) is 3.67. The van der Waals surface area contributed by atoms with Gasteiger partial charge < -0.3 is 22.1 Å². The van der Waals surface area contributed by atoms with E-state index in [-0.39, 0.29) is 44.0 Å². The van der Waals surface area contributed by atoms with Crippen molar-refractivity contribution >= 4 is 18.4 Å². The summed E-state index contributed by atoms with van der Waals surface area (Å²) in [6, 6.07) is 17.9. The number of rotatable bonds is 10. The molecule has 0 bridgehead atoms. The minimum absolute atomic E-state index is 0. The molecule has 0 aromatic heterocycles. The smallest absolute Gasteiger partial charge is 0.315 e. The summed E-state index contributed by atoms with van der Waals surface area (Å²) in [7, 11) is 0. The van der Waals surface area contributed by atoms with Crippen LogP contribution in [-0.2, 0) is 12.8 Å². The van der Waals surface area contributed by atoms with Crippen molar-refractivity contribution in [1.29, 1.82) is 0 Å². The summed E-state index contributed by atoms with van der Waals surface area (Å²) >= 11 is 0. The lowest BCUT2D eigenvalue weighted by molar-refractivity contribution is 0.234. The van der Waals surface area contributed by atoms with Gasteiger partial charge in [-0.1, -0.05) is 93.8 Å². The number of hydrogen-bond donors (Lipinski definition) is 4. The number of carbonyl (C=O) groups excluding carboxylic acids is 1. The first-order chi connectivity index (χ1) is 17.0. The van der Waals surface area contributed by atoms with Crippen molar-refractivity contribution < 1.29 is 4.79 Å². The summed E-state index contributed by atoms with van der Waals surface area (Å²) in [6.07, 6.45) is 6.29. The first-order valence-corrected chi connectivity index (χ1v) is 13.7. The topological polar surface area (TPSA) is 93.2 Å². The van der Waals surface area contributed by atoms with Crippen molar-refractivity contribution in [3.05, 3.63) is 70.8 Å². The molecule has 220 valence electrons. The van der Waals surface area contributed by atoms with Gasteiger partial charge in [0.15, 0.2) is 0 Å². The zero-order chi connectivity index (χ0) is 27.5. The Balaban J connectivity index is -0.000000547. The van der Waals surface area contributed by atoms with Gasteiger partial charge in [0.25, 0.3) is 0 Å². The fourth-order valence-electron chi connectivity index (χ4n) is 3.67. The summed E-state index contributed by atoms with van der Waals surface area (Å²) in [5.74, 6) is 0. The third-order valence-corrected chi connectivity index (χ3v) is 5.56. The van der Waals surface area contributed by atoms with Crippen LogP contribution in [0.3, 0.4) is 0 Å². The summed E-state index contributed by atoms with van der Waals surface area (Å²) in [6.45, 7) is 16.6. The molecule has 2 aromatic rings. The van der Waals surface area contributed by atoms with Gasteiger partial charge in [0.1, 0.15) is 0 Å². The molecule has 0 heterocycles. The van der Waals surface area contributed by atoms with Gasteiger partial charge in [-0.3, -0.25) is 0 Å².